The molecular formula is C22H27NO4. The van der Waals surface area contributed by atoms with Crippen LogP contribution >= 0.6 is 0 Å². The number of carbonyl (C=O) groups is 1. The predicted molar refractivity (Wildman–Crippen MR) is 104 cm³/mol. The zero-order valence-electron chi connectivity index (χ0n) is 15.9. The molecule has 2 aromatic rings. The van der Waals surface area contributed by atoms with Crippen molar-refractivity contribution in [1.29, 1.82) is 0 Å². The third-order valence-corrected chi connectivity index (χ3v) is 5.18. The van der Waals surface area contributed by atoms with Gasteiger partial charge in [0.1, 0.15) is 0 Å². The van der Waals surface area contributed by atoms with Gasteiger partial charge in [0.2, 0.25) is 0 Å². The molecule has 144 valence electrons. The normalized spacial score (nSPS) is 17.0. The molecule has 0 radical (unpaired) electrons. The Morgan fingerprint density at radius 2 is 1.70 bits per heavy atom. The van der Waals surface area contributed by atoms with Crippen LogP contribution in [0.5, 0.6) is 11.5 Å². The SMILES string of the molecule is COc1ccccc1O[C@H](C)C(=O)NCC1(c2ccccc2)CCOCC1. The average molecular weight is 369 g/mol. The van der Waals surface area contributed by atoms with Crippen molar-refractivity contribution < 1.29 is 19.0 Å². The van der Waals surface area contributed by atoms with Crippen LogP contribution in [-0.4, -0.2) is 38.9 Å². The number of nitrogens with one attached hydrogen (secondary N) is 1. The maximum atomic E-state index is 12.7. The van der Waals surface area contributed by atoms with Crippen molar-refractivity contribution >= 4 is 5.91 Å². The number of hydrogen-bond donors (Lipinski definition) is 1. The van der Waals surface area contributed by atoms with Gasteiger partial charge in [-0.05, 0) is 37.5 Å². The molecule has 0 spiro atoms. The Morgan fingerprint density at radius 3 is 2.37 bits per heavy atom. The lowest BCUT2D eigenvalue weighted by atomic mass is 9.74. The summed E-state index contributed by atoms with van der Waals surface area (Å²) in [7, 11) is 1.59. The van der Waals surface area contributed by atoms with Gasteiger partial charge >= 0.3 is 0 Å². The Labute approximate surface area is 160 Å². The van der Waals surface area contributed by atoms with Crippen molar-refractivity contribution in [2.45, 2.75) is 31.3 Å². The molecule has 1 aliphatic rings. The monoisotopic (exact) mass is 369 g/mol. The van der Waals surface area contributed by atoms with E-state index < -0.39 is 6.10 Å². The number of rotatable bonds is 7. The number of ether oxygens (including phenoxy) is 3. The van der Waals surface area contributed by atoms with Crippen molar-refractivity contribution in [3.63, 3.8) is 0 Å². The average Bonchev–Trinajstić information content (AvgIpc) is 2.73. The standard InChI is InChI=1S/C22H27NO4/c1-17(27-20-11-7-6-10-19(20)25-2)21(24)23-16-22(12-14-26-15-13-22)18-8-4-3-5-9-18/h3-11,17H,12-16H2,1-2H3,(H,23,24)/t17-/m1/s1. The van der Waals surface area contributed by atoms with E-state index >= 15 is 0 Å². The van der Waals surface area contributed by atoms with E-state index in [1.165, 1.54) is 5.56 Å². The zero-order valence-corrected chi connectivity index (χ0v) is 15.9. The summed E-state index contributed by atoms with van der Waals surface area (Å²) >= 11 is 0. The second-order valence-electron chi connectivity index (χ2n) is 6.89. The number of hydrogen-bond acceptors (Lipinski definition) is 4. The first kappa shape index (κ1) is 19.2. The van der Waals surface area contributed by atoms with Gasteiger partial charge < -0.3 is 19.5 Å². The Bertz CT molecular complexity index is 741. The van der Waals surface area contributed by atoms with Crippen molar-refractivity contribution in [1.82, 2.24) is 5.32 Å². The lowest BCUT2D eigenvalue weighted by molar-refractivity contribution is -0.127. The van der Waals surface area contributed by atoms with E-state index in [9.17, 15) is 4.79 Å². The van der Waals surface area contributed by atoms with Crippen LogP contribution in [0.25, 0.3) is 0 Å². The lowest BCUT2D eigenvalue weighted by Crippen LogP contribution is -2.47. The van der Waals surface area contributed by atoms with E-state index in [0.29, 0.717) is 31.3 Å². The molecule has 2 aromatic carbocycles. The van der Waals surface area contributed by atoms with Crippen LogP contribution in [0.15, 0.2) is 54.6 Å². The first-order valence-corrected chi connectivity index (χ1v) is 9.35. The molecule has 1 fully saturated rings. The molecule has 1 N–H and O–H groups in total. The molecule has 27 heavy (non-hydrogen) atoms. The van der Waals surface area contributed by atoms with Crippen LogP contribution in [0.3, 0.4) is 0 Å². The van der Waals surface area contributed by atoms with E-state index in [-0.39, 0.29) is 11.3 Å². The third-order valence-electron chi connectivity index (χ3n) is 5.18. The van der Waals surface area contributed by atoms with Gasteiger partial charge in [-0.1, -0.05) is 42.5 Å². The number of para-hydroxylation sites is 2. The summed E-state index contributed by atoms with van der Waals surface area (Å²) in [5, 5.41) is 3.09. The Hall–Kier alpha value is -2.53. The van der Waals surface area contributed by atoms with E-state index in [1.807, 2.05) is 36.4 Å². The van der Waals surface area contributed by atoms with Gasteiger partial charge in [-0.3, -0.25) is 4.79 Å². The second-order valence-corrected chi connectivity index (χ2v) is 6.89. The molecule has 1 heterocycles. The maximum Gasteiger partial charge on any atom is 0.260 e. The van der Waals surface area contributed by atoms with Crippen molar-refractivity contribution in [3.05, 3.63) is 60.2 Å². The molecule has 0 saturated carbocycles. The molecule has 1 aliphatic heterocycles. The Balaban J connectivity index is 1.65. The fourth-order valence-corrected chi connectivity index (χ4v) is 3.48. The number of carbonyl (C=O) groups excluding carboxylic acids is 1. The molecule has 0 unspecified atom stereocenters. The summed E-state index contributed by atoms with van der Waals surface area (Å²) in [6.07, 6.45) is 1.16. The lowest BCUT2D eigenvalue weighted by Gasteiger charge is -2.38. The molecular weight excluding hydrogens is 342 g/mol. The quantitative estimate of drug-likeness (QED) is 0.813. The van der Waals surface area contributed by atoms with Crippen molar-refractivity contribution in [2.75, 3.05) is 26.9 Å². The van der Waals surface area contributed by atoms with Crippen LogP contribution in [0.2, 0.25) is 0 Å². The van der Waals surface area contributed by atoms with Crippen LogP contribution in [0.1, 0.15) is 25.3 Å². The number of methoxy groups -OCH3 is 1. The van der Waals surface area contributed by atoms with Gasteiger partial charge in [-0.2, -0.15) is 0 Å². The highest BCUT2D eigenvalue weighted by atomic mass is 16.5. The predicted octanol–water partition coefficient (Wildman–Crippen LogP) is 3.33. The summed E-state index contributed by atoms with van der Waals surface area (Å²) in [6.45, 7) is 3.73. The van der Waals surface area contributed by atoms with Gasteiger partial charge in [0, 0.05) is 25.2 Å². The van der Waals surface area contributed by atoms with Crippen molar-refractivity contribution in [2.24, 2.45) is 0 Å². The smallest absolute Gasteiger partial charge is 0.260 e. The summed E-state index contributed by atoms with van der Waals surface area (Å²) in [6, 6.07) is 17.7. The largest absolute Gasteiger partial charge is 0.493 e. The Kier molecular flexibility index (Phi) is 6.35. The molecule has 0 aliphatic carbocycles. The van der Waals surface area contributed by atoms with Gasteiger partial charge in [0.25, 0.3) is 5.91 Å². The van der Waals surface area contributed by atoms with Crippen LogP contribution in [-0.2, 0) is 14.9 Å². The number of benzene rings is 2. The molecule has 3 rings (SSSR count). The van der Waals surface area contributed by atoms with Gasteiger partial charge in [-0.15, -0.1) is 0 Å². The van der Waals surface area contributed by atoms with Gasteiger partial charge in [-0.25, -0.2) is 0 Å². The first-order valence-electron chi connectivity index (χ1n) is 9.35. The van der Waals surface area contributed by atoms with E-state index in [0.717, 1.165) is 12.8 Å². The molecule has 0 bridgehead atoms. The summed E-state index contributed by atoms with van der Waals surface area (Å²) in [5.41, 5.74) is 1.14. The molecule has 5 nitrogen and oxygen atoms in total. The van der Waals surface area contributed by atoms with Crippen molar-refractivity contribution in [3.8, 4) is 11.5 Å². The second kappa shape index (κ2) is 8.91. The van der Waals surface area contributed by atoms with Crippen LogP contribution in [0.4, 0.5) is 0 Å². The summed E-state index contributed by atoms with van der Waals surface area (Å²) in [5.74, 6) is 1.04. The maximum absolute atomic E-state index is 12.7. The number of amides is 1. The molecule has 1 saturated heterocycles. The van der Waals surface area contributed by atoms with Crippen LogP contribution < -0.4 is 14.8 Å². The fourth-order valence-electron chi connectivity index (χ4n) is 3.48. The highest BCUT2D eigenvalue weighted by Crippen LogP contribution is 2.34. The zero-order chi connectivity index (χ0) is 19.1. The molecule has 0 aromatic heterocycles. The van der Waals surface area contributed by atoms with E-state index in [1.54, 1.807) is 20.1 Å². The molecule has 1 amide bonds. The minimum absolute atomic E-state index is 0.0979. The Morgan fingerprint density at radius 1 is 1.07 bits per heavy atom. The fraction of sp³-hybridized carbons (Fsp3) is 0.409. The molecule has 5 heteroatoms. The summed E-state index contributed by atoms with van der Waals surface area (Å²) < 4.78 is 16.7. The minimum Gasteiger partial charge on any atom is -0.493 e. The molecule has 1 atom stereocenters. The van der Waals surface area contributed by atoms with E-state index in [2.05, 4.69) is 17.4 Å². The van der Waals surface area contributed by atoms with E-state index in [4.69, 9.17) is 14.2 Å². The highest BCUT2D eigenvalue weighted by molar-refractivity contribution is 5.81. The van der Waals surface area contributed by atoms with Gasteiger partial charge in [0.05, 0.1) is 7.11 Å². The topological polar surface area (TPSA) is 56.8 Å². The summed E-state index contributed by atoms with van der Waals surface area (Å²) in [4.78, 5) is 12.7. The van der Waals surface area contributed by atoms with Crippen LogP contribution in [0, 0.1) is 0 Å². The third kappa shape index (κ3) is 4.61. The van der Waals surface area contributed by atoms with Gasteiger partial charge in [0.15, 0.2) is 17.6 Å². The highest BCUT2D eigenvalue weighted by Gasteiger charge is 2.35. The first-order chi connectivity index (χ1) is 13.1. The minimum atomic E-state index is -0.617.